The zero-order valence-corrected chi connectivity index (χ0v) is 31.8. The quantitative estimate of drug-likeness (QED) is 0.138. The number of benzene rings is 3. The number of carbonyl (C=O) groups excluding carboxylic acids is 3. The minimum absolute atomic E-state index is 0.368. The highest BCUT2D eigenvalue weighted by Gasteiger charge is 2.54. The third-order valence-corrected chi connectivity index (χ3v) is 9.02. The van der Waals surface area contributed by atoms with E-state index in [1.165, 1.54) is 0 Å². The van der Waals surface area contributed by atoms with E-state index in [9.17, 15) is 39.9 Å². The fourth-order valence-corrected chi connectivity index (χ4v) is 6.84. The second kappa shape index (κ2) is 18.4. The summed E-state index contributed by atoms with van der Waals surface area (Å²) in [7, 11) is 0. The van der Waals surface area contributed by atoms with E-state index in [1.807, 2.05) is 59.7 Å². The van der Waals surface area contributed by atoms with E-state index in [4.69, 9.17) is 28.4 Å². The Bertz CT molecular complexity index is 1810. The molecule has 0 radical (unpaired) electrons. The van der Waals surface area contributed by atoms with Crippen LogP contribution in [0.25, 0.3) is 0 Å². The first-order valence-corrected chi connectivity index (χ1v) is 17.9. The molecule has 0 saturated carbocycles. The molecule has 3 aromatic rings. The molecule has 8 N–H and O–H groups in total. The van der Waals surface area contributed by atoms with Gasteiger partial charge in [-0.15, -0.1) is 0 Å². The van der Waals surface area contributed by atoms with Crippen molar-refractivity contribution in [2.75, 3.05) is 29.2 Å². The molecular weight excluding hydrogens is 734 g/mol. The Morgan fingerprint density at radius 2 is 0.857 bits per heavy atom. The van der Waals surface area contributed by atoms with Gasteiger partial charge in [0.1, 0.15) is 36.6 Å². The normalized spacial score (nSPS) is 27.5. The Morgan fingerprint density at radius 1 is 0.500 bits per heavy atom. The number of rotatable bonds is 10. The molecule has 0 bridgehead atoms. The zero-order valence-electron chi connectivity index (χ0n) is 31.8. The molecule has 5 rings (SSSR count). The summed E-state index contributed by atoms with van der Waals surface area (Å²) in [5.74, 6) is 0. The van der Waals surface area contributed by atoms with E-state index < -0.39 is 92.9 Å². The SMILES string of the molecule is Cc1cc(C)cc(NC(=O)O[C@@H]2O[C@H](CO)[C@@H](O[C@@H]3O[C@H](CO)[C@@H](OC(=O)Nc4cc(C)cc(C)c4)[C@H](OC(=O)Nc4cc(C)cc(C)c4)[C@H]3O)[C@H](O)[C@H]2O)c1. The predicted molar refractivity (Wildman–Crippen MR) is 200 cm³/mol. The first kappa shape index (κ1) is 42.3. The van der Waals surface area contributed by atoms with Gasteiger partial charge >= 0.3 is 18.3 Å². The maximum Gasteiger partial charge on any atom is 0.414 e. The molecule has 3 amide bonds. The number of carbonyl (C=O) groups is 3. The number of anilines is 3. The molecule has 2 heterocycles. The Hall–Kier alpha value is -4.85. The lowest BCUT2D eigenvalue weighted by Crippen LogP contribution is -2.66. The molecule has 304 valence electrons. The minimum atomic E-state index is -1.97. The van der Waals surface area contributed by atoms with Crippen molar-refractivity contribution in [3.05, 3.63) is 88.0 Å². The summed E-state index contributed by atoms with van der Waals surface area (Å²) >= 11 is 0. The van der Waals surface area contributed by atoms with Gasteiger partial charge in [0.15, 0.2) is 18.5 Å². The van der Waals surface area contributed by atoms with Crippen molar-refractivity contribution in [3.63, 3.8) is 0 Å². The average molecular weight is 784 g/mol. The largest absolute Gasteiger partial charge is 0.439 e. The van der Waals surface area contributed by atoms with Gasteiger partial charge in [-0.1, -0.05) is 18.2 Å². The van der Waals surface area contributed by atoms with Crippen LogP contribution in [-0.4, -0.2) is 118 Å². The van der Waals surface area contributed by atoms with Gasteiger partial charge in [0.25, 0.3) is 0 Å². The molecule has 2 aliphatic rings. The first-order valence-electron chi connectivity index (χ1n) is 17.9. The number of nitrogens with one attached hydrogen (secondary N) is 3. The molecule has 56 heavy (non-hydrogen) atoms. The van der Waals surface area contributed by atoms with Crippen LogP contribution in [0.2, 0.25) is 0 Å². The number of hydrogen-bond acceptors (Lipinski definition) is 14. The van der Waals surface area contributed by atoms with Gasteiger partial charge in [-0.05, 0) is 111 Å². The van der Waals surface area contributed by atoms with E-state index in [0.29, 0.717) is 17.1 Å². The molecule has 17 heteroatoms. The topological polar surface area (TPSA) is 244 Å². The van der Waals surface area contributed by atoms with Crippen molar-refractivity contribution >= 4 is 35.3 Å². The highest BCUT2D eigenvalue weighted by atomic mass is 16.8. The number of aliphatic hydroxyl groups excluding tert-OH is 5. The van der Waals surface area contributed by atoms with Crippen LogP contribution in [0.3, 0.4) is 0 Å². The fraction of sp³-hybridized carbons (Fsp3) is 0.462. The molecule has 0 unspecified atom stereocenters. The summed E-state index contributed by atoms with van der Waals surface area (Å²) in [6.07, 6.45) is -20.5. The molecule has 2 aliphatic heterocycles. The van der Waals surface area contributed by atoms with Crippen molar-refractivity contribution in [2.45, 2.75) is 103 Å². The Labute approximate surface area is 323 Å². The van der Waals surface area contributed by atoms with Crippen LogP contribution in [0.5, 0.6) is 0 Å². The Balaban J connectivity index is 1.34. The van der Waals surface area contributed by atoms with E-state index in [2.05, 4.69) is 16.0 Å². The third-order valence-electron chi connectivity index (χ3n) is 9.02. The van der Waals surface area contributed by atoms with Gasteiger partial charge in [-0.25, -0.2) is 14.4 Å². The van der Waals surface area contributed by atoms with Gasteiger partial charge in [0.05, 0.1) is 13.2 Å². The summed E-state index contributed by atoms with van der Waals surface area (Å²) in [4.78, 5) is 39.2. The maximum atomic E-state index is 13.3. The summed E-state index contributed by atoms with van der Waals surface area (Å²) in [6, 6.07) is 15.8. The molecule has 3 aromatic carbocycles. The maximum absolute atomic E-state index is 13.3. The van der Waals surface area contributed by atoms with Crippen LogP contribution in [-0.2, 0) is 28.4 Å². The van der Waals surface area contributed by atoms with Gasteiger partial charge in [-0.2, -0.15) is 0 Å². The van der Waals surface area contributed by atoms with Crippen molar-refractivity contribution in [3.8, 4) is 0 Å². The van der Waals surface area contributed by atoms with Gasteiger partial charge < -0.3 is 54.0 Å². The van der Waals surface area contributed by atoms with Crippen LogP contribution in [0.1, 0.15) is 33.4 Å². The molecule has 0 aliphatic carbocycles. The van der Waals surface area contributed by atoms with Gasteiger partial charge in [-0.3, -0.25) is 16.0 Å². The molecule has 2 fully saturated rings. The van der Waals surface area contributed by atoms with Crippen LogP contribution >= 0.6 is 0 Å². The van der Waals surface area contributed by atoms with Crippen LogP contribution < -0.4 is 16.0 Å². The lowest BCUT2D eigenvalue weighted by Gasteiger charge is -2.46. The van der Waals surface area contributed by atoms with E-state index in [1.54, 1.807) is 36.4 Å². The minimum Gasteiger partial charge on any atom is -0.439 e. The van der Waals surface area contributed by atoms with Crippen LogP contribution in [0.4, 0.5) is 31.4 Å². The summed E-state index contributed by atoms with van der Waals surface area (Å²) in [5, 5.41) is 62.0. The highest BCUT2D eigenvalue weighted by Crippen LogP contribution is 2.32. The molecule has 0 aromatic heterocycles. The monoisotopic (exact) mass is 783 g/mol. The summed E-state index contributed by atoms with van der Waals surface area (Å²) < 4.78 is 33.8. The number of aliphatic hydroxyl groups is 5. The molecule has 2 saturated heterocycles. The van der Waals surface area contributed by atoms with Crippen LogP contribution in [0.15, 0.2) is 54.6 Å². The van der Waals surface area contributed by atoms with Crippen molar-refractivity contribution in [1.29, 1.82) is 0 Å². The average Bonchev–Trinajstić information content (AvgIpc) is 3.09. The summed E-state index contributed by atoms with van der Waals surface area (Å²) in [6.45, 7) is 9.32. The number of amides is 3. The van der Waals surface area contributed by atoms with Gasteiger partial charge in [0, 0.05) is 17.1 Å². The molecular formula is C39H49N3O14. The smallest absolute Gasteiger partial charge is 0.414 e. The fourth-order valence-electron chi connectivity index (χ4n) is 6.84. The third kappa shape index (κ3) is 10.7. The number of hydrogen-bond donors (Lipinski definition) is 8. The van der Waals surface area contributed by atoms with E-state index in [-0.39, 0.29) is 0 Å². The van der Waals surface area contributed by atoms with Crippen molar-refractivity contribution in [2.24, 2.45) is 0 Å². The standard InChI is InChI=1S/C39H49N3O14/c1-18-7-19(2)11-24(10-18)40-37(48)54-33-28(17-44)52-36(31(47)34(33)55-38(49)41-25-12-20(3)8-21(4)13-25)53-32-27(16-43)51-35(30(46)29(32)45)56-39(50)42-26-14-22(5)9-23(6)15-26/h7-15,27-36,43-47H,16-17H2,1-6H3,(H,40,48)(H,41,49)(H,42,50)/t27-,28-,29-,30-,31-,32-,33-,34-,35+,36+/m1/s1. The lowest BCUT2D eigenvalue weighted by molar-refractivity contribution is -0.353. The second-order valence-electron chi connectivity index (χ2n) is 14.2. The Kier molecular flexibility index (Phi) is 13.9. The lowest BCUT2D eigenvalue weighted by atomic mass is 9.96. The van der Waals surface area contributed by atoms with Crippen molar-refractivity contribution < 1.29 is 68.3 Å². The van der Waals surface area contributed by atoms with Crippen molar-refractivity contribution in [1.82, 2.24) is 0 Å². The summed E-state index contributed by atoms with van der Waals surface area (Å²) in [5.41, 5.74) is 6.29. The Morgan fingerprint density at radius 3 is 1.27 bits per heavy atom. The highest BCUT2D eigenvalue weighted by molar-refractivity contribution is 5.86. The molecule has 0 spiro atoms. The molecule has 17 nitrogen and oxygen atoms in total. The second-order valence-corrected chi connectivity index (χ2v) is 14.2. The number of ether oxygens (including phenoxy) is 6. The van der Waals surface area contributed by atoms with Crippen LogP contribution in [0, 0.1) is 41.5 Å². The predicted octanol–water partition coefficient (Wildman–Crippen LogP) is 3.22. The van der Waals surface area contributed by atoms with Gasteiger partial charge in [0.2, 0.25) is 6.29 Å². The number of aryl methyl sites for hydroxylation is 6. The van der Waals surface area contributed by atoms with E-state index >= 15 is 0 Å². The zero-order chi connectivity index (χ0) is 40.8. The first-order chi connectivity index (χ1) is 26.5. The molecule has 10 atom stereocenters. The van der Waals surface area contributed by atoms with E-state index in [0.717, 1.165) is 33.4 Å².